The SMILES string of the molecule is Cc1ccc(OCc2nnc(SCc3ccccc3C)n2N)c(C)c1. The maximum absolute atomic E-state index is 6.12. The van der Waals surface area contributed by atoms with Crippen LogP contribution in [0.2, 0.25) is 0 Å². The van der Waals surface area contributed by atoms with Gasteiger partial charge in [-0.3, -0.25) is 0 Å². The second-order valence-corrected chi connectivity index (χ2v) is 6.98. The van der Waals surface area contributed by atoms with E-state index in [-0.39, 0.29) is 0 Å². The fraction of sp³-hybridized carbons (Fsp3) is 0.263. The Morgan fingerprint density at radius 2 is 1.84 bits per heavy atom. The summed E-state index contributed by atoms with van der Waals surface area (Å²) in [5, 5.41) is 9.02. The molecule has 0 amide bonds. The van der Waals surface area contributed by atoms with Crippen LogP contribution in [0.25, 0.3) is 0 Å². The Balaban J connectivity index is 1.64. The zero-order valence-corrected chi connectivity index (χ0v) is 15.5. The highest BCUT2D eigenvalue weighted by Crippen LogP contribution is 2.23. The maximum atomic E-state index is 6.12. The van der Waals surface area contributed by atoms with Crippen molar-refractivity contribution >= 4 is 11.8 Å². The number of benzene rings is 2. The highest BCUT2D eigenvalue weighted by atomic mass is 32.2. The monoisotopic (exact) mass is 354 g/mol. The number of thioether (sulfide) groups is 1. The average Bonchev–Trinajstić information content (AvgIpc) is 2.94. The van der Waals surface area contributed by atoms with Gasteiger partial charge in [-0.25, -0.2) is 4.68 Å². The molecule has 5 nitrogen and oxygen atoms in total. The van der Waals surface area contributed by atoms with Gasteiger partial charge in [-0.2, -0.15) is 0 Å². The van der Waals surface area contributed by atoms with Crippen LogP contribution in [0.5, 0.6) is 5.75 Å². The third kappa shape index (κ3) is 4.14. The molecule has 0 atom stereocenters. The molecule has 0 saturated carbocycles. The van der Waals surface area contributed by atoms with E-state index in [2.05, 4.69) is 42.2 Å². The lowest BCUT2D eigenvalue weighted by Crippen LogP contribution is -2.16. The first-order valence-corrected chi connectivity index (χ1v) is 9.10. The van der Waals surface area contributed by atoms with Crippen LogP contribution in [-0.4, -0.2) is 14.9 Å². The van der Waals surface area contributed by atoms with Gasteiger partial charge in [0, 0.05) is 5.75 Å². The topological polar surface area (TPSA) is 66.0 Å². The van der Waals surface area contributed by atoms with Crippen molar-refractivity contribution in [2.75, 3.05) is 5.84 Å². The Morgan fingerprint density at radius 3 is 2.60 bits per heavy atom. The van der Waals surface area contributed by atoms with Crippen molar-refractivity contribution in [3.05, 3.63) is 70.5 Å². The molecule has 2 N–H and O–H groups in total. The second kappa shape index (κ2) is 7.61. The standard InChI is InChI=1S/C19H22N4OS/c1-13-8-9-17(15(3)10-13)24-11-18-21-22-19(23(18)20)25-12-16-7-5-4-6-14(16)2/h4-10H,11-12,20H2,1-3H3. The van der Waals surface area contributed by atoms with E-state index in [1.165, 1.54) is 21.4 Å². The Morgan fingerprint density at radius 1 is 1.04 bits per heavy atom. The molecule has 0 unspecified atom stereocenters. The van der Waals surface area contributed by atoms with Crippen molar-refractivity contribution < 1.29 is 4.74 Å². The Labute approximate surface area is 152 Å². The molecule has 2 aromatic carbocycles. The van der Waals surface area contributed by atoms with E-state index >= 15 is 0 Å². The summed E-state index contributed by atoms with van der Waals surface area (Å²) in [6.07, 6.45) is 0. The summed E-state index contributed by atoms with van der Waals surface area (Å²) < 4.78 is 7.35. The molecule has 130 valence electrons. The number of hydrogen-bond donors (Lipinski definition) is 1. The minimum absolute atomic E-state index is 0.290. The molecular weight excluding hydrogens is 332 g/mol. The number of aryl methyl sites for hydroxylation is 3. The summed E-state index contributed by atoms with van der Waals surface area (Å²) in [5.74, 6) is 8.37. The summed E-state index contributed by atoms with van der Waals surface area (Å²) in [5.41, 5.74) is 4.83. The van der Waals surface area contributed by atoms with E-state index in [9.17, 15) is 0 Å². The Hall–Kier alpha value is -2.47. The van der Waals surface area contributed by atoms with E-state index in [1.54, 1.807) is 11.8 Å². The van der Waals surface area contributed by atoms with Crippen molar-refractivity contribution in [3.8, 4) is 5.75 Å². The van der Waals surface area contributed by atoms with Gasteiger partial charge in [0.2, 0.25) is 5.16 Å². The highest BCUT2D eigenvalue weighted by Gasteiger charge is 2.12. The van der Waals surface area contributed by atoms with Gasteiger partial charge in [0.15, 0.2) is 5.82 Å². The number of hydrogen-bond acceptors (Lipinski definition) is 5. The van der Waals surface area contributed by atoms with E-state index in [1.807, 2.05) is 31.2 Å². The second-order valence-electron chi connectivity index (χ2n) is 6.04. The van der Waals surface area contributed by atoms with E-state index in [4.69, 9.17) is 10.6 Å². The molecule has 1 heterocycles. The van der Waals surface area contributed by atoms with Gasteiger partial charge in [0.1, 0.15) is 12.4 Å². The van der Waals surface area contributed by atoms with Crippen molar-refractivity contribution in [1.82, 2.24) is 14.9 Å². The molecule has 0 fully saturated rings. The fourth-order valence-electron chi connectivity index (χ4n) is 2.52. The van der Waals surface area contributed by atoms with Crippen LogP contribution < -0.4 is 10.6 Å². The number of ether oxygens (including phenoxy) is 1. The molecule has 0 aliphatic heterocycles. The molecule has 0 aliphatic carbocycles. The van der Waals surface area contributed by atoms with Gasteiger partial charge in [-0.05, 0) is 43.5 Å². The number of rotatable bonds is 6. The largest absolute Gasteiger partial charge is 0.485 e. The van der Waals surface area contributed by atoms with Crippen molar-refractivity contribution in [3.63, 3.8) is 0 Å². The van der Waals surface area contributed by atoms with Crippen molar-refractivity contribution in [2.45, 2.75) is 38.3 Å². The Kier molecular flexibility index (Phi) is 5.28. The minimum atomic E-state index is 0.290. The molecule has 0 radical (unpaired) electrons. The lowest BCUT2D eigenvalue weighted by atomic mass is 10.1. The molecule has 1 aromatic heterocycles. The molecule has 6 heteroatoms. The Bertz CT molecular complexity index is 876. The van der Waals surface area contributed by atoms with Gasteiger partial charge in [-0.15, -0.1) is 10.2 Å². The van der Waals surface area contributed by atoms with Gasteiger partial charge < -0.3 is 10.6 Å². The zero-order chi connectivity index (χ0) is 17.8. The van der Waals surface area contributed by atoms with E-state index < -0.39 is 0 Å². The lowest BCUT2D eigenvalue weighted by Gasteiger charge is -2.09. The summed E-state index contributed by atoms with van der Waals surface area (Å²) in [4.78, 5) is 0. The van der Waals surface area contributed by atoms with Gasteiger partial charge in [0.05, 0.1) is 0 Å². The summed E-state index contributed by atoms with van der Waals surface area (Å²) in [6, 6.07) is 14.4. The van der Waals surface area contributed by atoms with Crippen LogP contribution in [0.3, 0.4) is 0 Å². The van der Waals surface area contributed by atoms with E-state index in [0.717, 1.165) is 17.1 Å². The van der Waals surface area contributed by atoms with Crippen LogP contribution >= 0.6 is 11.8 Å². The molecule has 0 saturated heterocycles. The average molecular weight is 354 g/mol. The number of aromatic nitrogens is 3. The quantitative estimate of drug-likeness (QED) is 0.539. The lowest BCUT2D eigenvalue weighted by molar-refractivity contribution is 0.289. The summed E-state index contributed by atoms with van der Waals surface area (Å²) >= 11 is 1.57. The number of nitrogens with zero attached hydrogens (tertiary/aromatic N) is 3. The molecular formula is C19H22N4OS. The molecule has 3 aromatic rings. The number of nitrogen functional groups attached to an aromatic ring is 1. The highest BCUT2D eigenvalue weighted by molar-refractivity contribution is 7.98. The fourth-order valence-corrected chi connectivity index (χ4v) is 3.47. The third-order valence-corrected chi connectivity index (χ3v) is 5.03. The van der Waals surface area contributed by atoms with Gasteiger partial charge in [-0.1, -0.05) is 53.7 Å². The predicted octanol–water partition coefficient (Wildman–Crippen LogP) is 3.79. The van der Waals surface area contributed by atoms with Gasteiger partial charge in [0.25, 0.3) is 0 Å². The van der Waals surface area contributed by atoms with Crippen molar-refractivity contribution in [1.29, 1.82) is 0 Å². The minimum Gasteiger partial charge on any atom is -0.485 e. The van der Waals surface area contributed by atoms with Crippen LogP contribution in [0.1, 0.15) is 28.1 Å². The van der Waals surface area contributed by atoms with Gasteiger partial charge >= 0.3 is 0 Å². The molecule has 25 heavy (non-hydrogen) atoms. The molecule has 3 rings (SSSR count). The summed E-state index contributed by atoms with van der Waals surface area (Å²) in [6.45, 7) is 6.48. The van der Waals surface area contributed by atoms with Crippen LogP contribution in [0.15, 0.2) is 47.6 Å². The molecule has 0 bridgehead atoms. The third-order valence-electron chi connectivity index (χ3n) is 4.04. The predicted molar refractivity (Wildman–Crippen MR) is 101 cm³/mol. The van der Waals surface area contributed by atoms with Crippen LogP contribution in [-0.2, 0) is 12.4 Å². The molecule has 0 aliphatic rings. The zero-order valence-electron chi connectivity index (χ0n) is 14.7. The normalized spacial score (nSPS) is 10.8. The van der Waals surface area contributed by atoms with Crippen LogP contribution in [0.4, 0.5) is 0 Å². The first-order valence-electron chi connectivity index (χ1n) is 8.11. The van der Waals surface area contributed by atoms with E-state index in [0.29, 0.717) is 17.6 Å². The first kappa shape index (κ1) is 17.4. The van der Waals surface area contributed by atoms with Crippen molar-refractivity contribution in [2.24, 2.45) is 0 Å². The first-order chi connectivity index (χ1) is 12.0. The number of nitrogens with two attached hydrogens (primary N) is 1. The smallest absolute Gasteiger partial charge is 0.210 e. The maximum Gasteiger partial charge on any atom is 0.210 e. The molecule has 0 spiro atoms. The van der Waals surface area contributed by atoms with Crippen LogP contribution in [0, 0.1) is 20.8 Å². The summed E-state index contributed by atoms with van der Waals surface area (Å²) in [7, 11) is 0.